The lowest BCUT2D eigenvalue weighted by Gasteiger charge is -2.22. The first-order chi connectivity index (χ1) is 18.3. The number of aromatic carboxylic acids is 1. The van der Waals surface area contributed by atoms with Crippen LogP contribution in [0.2, 0.25) is 0 Å². The van der Waals surface area contributed by atoms with Crippen molar-refractivity contribution in [3.8, 4) is 5.88 Å². The van der Waals surface area contributed by atoms with E-state index in [1.54, 1.807) is 24.3 Å². The molecular weight excluding hydrogens is 517 g/mol. The second kappa shape index (κ2) is 10.6. The van der Waals surface area contributed by atoms with Crippen molar-refractivity contribution < 1.29 is 27.8 Å². The molecule has 0 radical (unpaired) electrons. The first-order valence-electron chi connectivity index (χ1n) is 11.7. The van der Waals surface area contributed by atoms with E-state index >= 15 is 0 Å². The summed E-state index contributed by atoms with van der Waals surface area (Å²) in [4.78, 5) is 26.8. The average molecular weight is 539 g/mol. The number of ether oxygens (including phenoxy) is 1. The molecule has 0 unspecified atom stereocenters. The minimum absolute atomic E-state index is 0.0644. The summed E-state index contributed by atoms with van der Waals surface area (Å²) in [5, 5.41) is 10.3. The van der Waals surface area contributed by atoms with Gasteiger partial charge in [0.2, 0.25) is 11.6 Å². The van der Waals surface area contributed by atoms with Crippen LogP contribution in [-0.4, -0.2) is 39.2 Å². The van der Waals surface area contributed by atoms with Gasteiger partial charge < -0.3 is 14.7 Å². The molecule has 2 aromatic heterocycles. The third-order valence-electron chi connectivity index (χ3n) is 5.76. The van der Waals surface area contributed by atoms with E-state index in [-0.39, 0.29) is 18.2 Å². The number of fused-ring (bicyclic) bond motifs is 2. The second-order valence-corrected chi connectivity index (χ2v) is 9.46. The van der Waals surface area contributed by atoms with E-state index < -0.39 is 17.7 Å². The Balaban J connectivity index is 1.33. The predicted octanol–water partition coefficient (Wildman–Crippen LogP) is 6.43. The first kappa shape index (κ1) is 25.4. The van der Waals surface area contributed by atoms with Crippen LogP contribution in [0.4, 0.5) is 18.3 Å². The Kier molecular flexibility index (Phi) is 7.10. The van der Waals surface area contributed by atoms with Crippen LogP contribution in [0.3, 0.4) is 0 Å². The molecule has 11 heteroatoms. The summed E-state index contributed by atoms with van der Waals surface area (Å²) >= 11 is 1.49. The molecule has 0 spiro atoms. The highest BCUT2D eigenvalue weighted by Crippen LogP contribution is 2.32. The SMILES string of the molecule is O=C(O)c1nc2ccccc2nc1OCCCN(Cc1ccc(C(F)(F)F)cc1)c1nc2ccccc2s1. The van der Waals surface area contributed by atoms with Crippen LogP contribution >= 0.6 is 11.3 Å². The number of carboxylic acid groups (broad SMARTS) is 1. The van der Waals surface area contributed by atoms with Crippen molar-refractivity contribution in [3.05, 3.63) is 89.6 Å². The lowest BCUT2D eigenvalue weighted by atomic mass is 10.1. The van der Waals surface area contributed by atoms with Gasteiger partial charge in [0.1, 0.15) is 0 Å². The molecule has 194 valence electrons. The number of carboxylic acids is 1. The van der Waals surface area contributed by atoms with Gasteiger partial charge in [-0.1, -0.05) is 47.7 Å². The summed E-state index contributed by atoms with van der Waals surface area (Å²) < 4.78 is 45.7. The summed E-state index contributed by atoms with van der Waals surface area (Å²) in [5.74, 6) is -1.30. The quantitative estimate of drug-likeness (QED) is 0.216. The maximum atomic E-state index is 13.0. The van der Waals surface area contributed by atoms with E-state index in [4.69, 9.17) is 9.72 Å². The normalized spacial score (nSPS) is 11.7. The molecule has 0 saturated heterocycles. The van der Waals surface area contributed by atoms with Gasteiger partial charge in [0.05, 0.1) is 33.4 Å². The lowest BCUT2D eigenvalue weighted by molar-refractivity contribution is -0.137. The van der Waals surface area contributed by atoms with E-state index in [2.05, 4.69) is 9.97 Å². The number of hydrogen-bond acceptors (Lipinski definition) is 7. The third kappa shape index (κ3) is 5.67. The zero-order chi connectivity index (χ0) is 26.7. The van der Waals surface area contributed by atoms with E-state index in [0.29, 0.717) is 36.1 Å². The summed E-state index contributed by atoms with van der Waals surface area (Å²) in [6, 6.07) is 19.7. The molecule has 0 amide bonds. The molecule has 38 heavy (non-hydrogen) atoms. The Morgan fingerprint density at radius 1 is 0.895 bits per heavy atom. The Hall–Kier alpha value is -4.25. The lowest BCUT2D eigenvalue weighted by Crippen LogP contribution is -2.25. The van der Waals surface area contributed by atoms with Crippen LogP contribution in [0.25, 0.3) is 21.3 Å². The first-order valence-corrected chi connectivity index (χ1v) is 12.5. The molecule has 0 saturated carbocycles. The molecule has 0 aliphatic carbocycles. The van der Waals surface area contributed by atoms with Crippen LogP contribution in [0.15, 0.2) is 72.8 Å². The van der Waals surface area contributed by atoms with Gasteiger partial charge in [-0.05, 0) is 48.4 Å². The summed E-state index contributed by atoms with van der Waals surface area (Å²) in [5.41, 5.74) is 1.54. The molecule has 0 atom stereocenters. The minimum atomic E-state index is -4.40. The van der Waals surface area contributed by atoms with Gasteiger partial charge in [0.25, 0.3) is 0 Å². The maximum Gasteiger partial charge on any atom is 0.416 e. The number of benzene rings is 3. The molecule has 0 fully saturated rings. The number of thiazole rings is 1. The van der Waals surface area contributed by atoms with Crippen molar-refractivity contribution in [1.29, 1.82) is 0 Å². The number of carbonyl (C=O) groups is 1. The van der Waals surface area contributed by atoms with Gasteiger partial charge in [-0.25, -0.2) is 19.7 Å². The van der Waals surface area contributed by atoms with Crippen molar-refractivity contribution in [2.45, 2.75) is 19.1 Å². The molecule has 5 aromatic rings. The van der Waals surface area contributed by atoms with Crippen molar-refractivity contribution in [2.24, 2.45) is 0 Å². The molecule has 0 aliphatic rings. The zero-order valence-electron chi connectivity index (χ0n) is 19.9. The number of nitrogens with zero attached hydrogens (tertiary/aromatic N) is 4. The Labute approximate surface area is 219 Å². The van der Waals surface area contributed by atoms with E-state index in [1.807, 2.05) is 29.2 Å². The molecule has 3 aromatic carbocycles. The maximum absolute atomic E-state index is 13.0. The van der Waals surface area contributed by atoms with Crippen LogP contribution in [-0.2, 0) is 12.7 Å². The van der Waals surface area contributed by atoms with E-state index in [1.165, 1.54) is 23.5 Å². The van der Waals surface area contributed by atoms with Gasteiger partial charge in [-0.15, -0.1) is 0 Å². The Bertz CT molecular complexity index is 1560. The van der Waals surface area contributed by atoms with Crippen LogP contribution < -0.4 is 9.64 Å². The number of hydrogen-bond donors (Lipinski definition) is 1. The fraction of sp³-hybridized carbons (Fsp3) is 0.185. The van der Waals surface area contributed by atoms with Crippen molar-refractivity contribution in [1.82, 2.24) is 15.0 Å². The van der Waals surface area contributed by atoms with Gasteiger partial charge in [-0.2, -0.15) is 13.2 Å². The number of halogens is 3. The highest BCUT2D eigenvalue weighted by Gasteiger charge is 2.30. The fourth-order valence-corrected chi connectivity index (χ4v) is 4.90. The molecule has 0 aliphatic heterocycles. The summed E-state index contributed by atoms with van der Waals surface area (Å²) in [6.07, 6.45) is -3.92. The molecule has 2 heterocycles. The number of aromatic nitrogens is 3. The third-order valence-corrected chi connectivity index (χ3v) is 6.86. The van der Waals surface area contributed by atoms with Crippen LogP contribution in [0.5, 0.6) is 5.88 Å². The topological polar surface area (TPSA) is 88.4 Å². The Morgan fingerprint density at radius 3 is 2.21 bits per heavy atom. The van der Waals surface area contributed by atoms with Crippen molar-refractivity contribution in [3.63, 3.8) is 0 Å². The fourth-order valence-electron chi connectivity index (χ4n) is 3.91. The van der Waals surface area contributed by atoms with Crippen LogP contribution in [0.1, 0.15) is 28.0 Å². The van der Waals surface area contributed by atoms with E-state index in [0.717, 1.165) is 27.5 Å². The summed E-state index contributed by atoms with van der Waals surface area (Å²) in [7, 11) is 0. The minimum Gasteiger partial charge on any atom is -0.476 e. The number of anilines is 1. The van der Waals surface area contributed by atoms with E-state index in [9.17, 15) is 23.1 Å². The predicted molar refractivity (Wildman–Crippen MR) is 139 cm³/mol. The highest BCUT2D eigenvalue weighted by molar-refractivity contribution is 7.22. The van der Waals surface area contributed by atoms with Gasteiger partial charge in [0, 0.05) is 13.1 Å². The molecule has 0 bridgehead atoms. The largest absolute Gasteiger partial charge is 0.476 e. The molecular formula is C27H21F3N4O3S. The number of alkyl halides is 3. The molecule has 1 N–H and O–H groups in total. The standard InChI is InChI=1S/C27H21F3N4O3S/c28-27(29,30)18-12-10-17(11-13-18)16-34(26-33-21-8-3-4-9-22(21)38-26)14-5-15-37-24-23(25(35)36)31-19-6-1-2-7-20(19)32-24/h1-4,6-13H,5,14-16H2,(H,35,36). The van der Waals surface area contributed by atoms with Gasteiger partial charge >= 0.3 is 12.1 Å². The zero-order valence-corrected chi connectivity index (χ0v) is 20.7. The van der Waals surface area contributed by atoms with Gasteiger partial charge in [0.15, 0.2) is 5.13 Å². The monoisotopic (exact) mass is 538 g/mol. The van der Waals surface area contributed by atoms with Gasteiger partial charge in [-0.3, -0.25) is 0 Å². The summed E-state index contributed by atoms with van der Waals surface area (Å²) in [6.45, 7) is 0.958. The smallest absolute Gasteiger partial charge is 0.416 e. The number of rotatable bonds is 9. The Morgan fingerprint density at radius 2 is 1.55 bits per heavy atom. The average Bonchev–Trinajstić information content (AvgIpc) is 3.34. The van der Waals surface area contributed by atoms with Crippen LogP contribution in [0, 0.1) is 0 Å². The van der Waals surface area contributed by atoms with Crippen molar-refractivity contribution >= 4 is 43.7 Å². The molecule has 7 nitrogen and oxygen atoms in total. The second-order valence-electron chi connectivity index (χ2n) is 8.45. The number of para-hydroxylation sites is 3. The van der Waals surface area contributed by atoms with Crippen molar-refractivity contribution in [2.75, 3.05) is 18.1 Å². The highest BCUT2D eigenvalue weighted by atomic mass is 32.1. The molecule has 5 rings (SSSR count).